The van der Waals surface area contributed by atoms with Crippen molar-refractivity contribution in [2.24, 2.45) is 10.7 Å². The van der Waals surface area contributed by atoms with Crippen LogP contribution in [-0.2, 0) is 0 Å². The highest BCUT2D eigenvalue weighted by Crippen LogP contribution is 2.25. The Bertz CT molecular complexity index is 583. The van der Waals surface area contributed by atoms with Gasteiger partial charge in [0, 0.05) is 22.6 Å². The molecule has 1 unspecified atom stereocenters. The lowest BCUT2D eigenvalue weighted by Crippen LogP contribution is -2.43. The van der Waals surface area contributed by atoms with Crippen LogP contribution in [0.15, 0.2) is 23.2 Å². The number of aliphatic imine (C=N–C) groups is 1. The largest absolute Gasteiger partial charge is 0.370 e. The van der Waals surface area contributed by atoms with Crippen molar-refractivity contribution in [1.82, 2.24) is 15.1 Å². The molecular formula is C18H29Cl2N5. The number of hydrogen-bond acceptors (Lipinski definition) is 3. The predicted molar refractivity (Wildman–Crippen MR) is 108 cm³/mol. The van der Waals surface area contributed by atoms with Crippen LogP contribution in [-0.4, -0.2) is 62.1 Å². The van der Waals surface area contributed by atoms with E-state index in [0.29, 0.717) is 28.6 Å². The number of rotatable bonds is 6. The van der Waals surface area contributed by atoms with Gasteiger partial charge in [-0.15, -0.1) is 0 Å². The van der Waals surface area contributed by atoms with E-state index < -0.39 is 0 Å². The van der Waals surface area contributed by atoms with E-state index in [2.05, 4.69) is 34.2 Å². The number of nitrogens with zero attached hydrogens (tertiary/aromatic N) is 3. The highest BCUT2D eigenvalue weighted by Gasteiger charge is 2.19. The molecule has 1 aliphatic rings. The minimum atomic E-state index is -0.0237. The molecule has 25 heavy (non-hydrogen) atoms. The lowest BCUT2D eigenvalue weighted by atomic mass is 10.0. The number of halogens is 2. The third-order valence-electron chi connectivity index (χ3n) is 4.78. The molecule has 1 aliphatic heterocycles. The van der Waals surface area contributed by atoms with E-state index in [1.165, 1.54) is 12.8 Å². The summed E-state index contributed by atoms with van der Waals surface area (Å²) in [6.45, 7) is 5.90. The van der Waals surface area contributed by atoms with E-state index in [-0.39, 0.29) is 6.04 Å². The van der Waals surface area contributed by atoms with Crippen LogP contribution in [0.1, 0.15) is 31.4 Å². The van der Waals surface area contributed by atoms with Gasteiger partial charge < -0.3 is 20.9 Å². The number of hydrogen-bond donors (Lipinski definition) is 2. The summed E-state index contributed by atoms with van der Waals surface area (Å²) in [5.41, 5.74) is 6.97. The van der Waals surface area contributed by atoms with Gasteiger partial charge in [-0.05, 0) is 64.6 Å². The van der Waals surface area contributed by atoms with Crippen molar-refractivity contribution < 1.29 is 0 Å². The Labute approximate surface area is 161 Å². The van der Waals surface area contributed by atoms with Crippen LogP contribution in [0.5, 0.6) is 0 Å². The second-order valence-electron chi connectivity index (χ2n) is 6.84. The molecule has 0 aromatic heterocycles. The summed E-state index contributed by atoms with van der Waals surface area (Å²) in [4.78, 5) is 9.22. The standard InChI is InChI=1S/C18H29Cl2N5/c1-13(16-5-4-14(19)12-17(16)20)23-18(21)22-8-11-25-9-6-15(7-10-25)24(2)3/h4-5,12-13,15H,6-11H2,1-3H3,(H3,21,22,23). The van der Waals surface area contributed by atoms with Crippen molar-refractivity contribution >= 4 is 29.2 Å². The van der Waals surface area contributed by atoms with Gasteiger partial charge in [-0.3, -0.25) is 4.99 Å². The smallest absolute Gasteiger partial charge is 0.189 e. The third-order valence-corrected chi connectivity index (χ3v) is 5.34. The average Bonchev–Trinajstić information content (AvgIpc) is 2.55. The molecule has 3 N–H and O–H groups in total. The van der Waals surface area contributed by atoms with Gasteiger partial charge in [0.15, 0.2) is 5.96 Å². The first-order valence-electron chi connectivity index (χ1n) is 8.77. The first kappa shape index (κ1) is 20.3. The van der Waals surface area contributed by atoms with E-state index >= 15 is 0 Å². The van der Waals surface area contributed by atoms with E-state index in [4.69, 9.17) is 28.9 Å². The maximum absolute atomic E-state index is 6.23. The molecule has 0 saturated carbocycles. The topological polar surface area (TPSA) is 56.9 Å². The van der Waals surface area contributed by atoms with Gasteiger partial charge in [-0.1, -0.05) is 29.3 Å². The molecule has 1 heterocycles. The molecule has 2 rings (SSSR count). The van der Waals surface area contributed by atoms with Crippen LogP contribution in [0.3, 0.4) is 0 Å². The highest BCUT2D eigenvalue weighted by molar-refractivity contribution is 6.35. The summed E-state index contributed by atoms with van der Waals surface area (Å²) in [5, 5.41) is 4.45. The molecule has 7 heteroatoms. The SMILES string of the molecule is CC(NC(N)=NCCN1CCC(N(C)C)CC1)c1ccc(Cl)cc1Cl. The van der Waals surface area contributed by atoms with Crippen LogP contribution >= 0.6 is 23.2 Å². The molecule has 0 amide bonds. The Morgan fingerprint density at radius 2 is 2.04 bits per heavy atom. The molecule has 5 nitrogen and oxygen atoms in total. The zero-order valence-corrected chi connectivity index (χ0v) is 16.8. The quantitative estimate of drug-likeness (QED) is 0.583. The van der Waals surface area contributed by atoms with Crippen molar-refractivity contribution in [1.29, 1.82) is 0 Å². The van der Waals surface area contributed by atoms with E-state index in [1.807, 2.05) is 19.1 Å². The molecule has 0 aliphatic carbocycles. The summed E-state index contributed by atoms with van der Waals surface area (Å²) in [5.74, 6) is 0.446. The summed E-state index contributed by atoms with van der Waals surface area (Å²) < 4.78 is 0. The van der Waals surface area contributed by atoms with Gasteiger partial charge in [-0.25, -0.2) is 0 Å². The molecular weight excluding hydrogens is 357 g/mol. The molecule has 1 saturated heterocycles. The maximum Gasteiger partial charge on any atom is 0.189 e. The number of likely N-dealkylation sites (tertiary alicyclic amines) is 1. The van der Waals surface area contributed by atoms with Crippen molar-refractivity contribution in [3.8, 4) is 0 Å². The first-order valence-corrected chi connectivity index (χ1v) is 9.52. The predicted octanol–water partition coefficient (Wildman–Crippen LogP) is 2.98. The zero-order valence-electron chi connectivity index (χ0n) is 15.3. The van der Waals surface area contributed by atoms with E-state index in [9.17, 15) is 0 Å². The van der Waals surface area contributed by atoms with Crippen molar-refractivity contribution in [3.05, 3.63) is 33.8 Å². The third kappa shape index (κ3) is 6.33. The van der Waals surface area contributed by atoms with Crippen molar-refractivity contribution in [2.75, 3.05) is 40.3 Å². The number of guanidine groups is 1. The summed E-state index contributed by atoms with van der Waals surface area (Å²) in [7, 11) is 4.32. The summed E-state index contributed by atoms with van der Waals surface area (Å²) in [6.07, 6.45) is 2.44. The number of nitrogens with one attached hydrogen (secondary N) is 1. The van der Waals surface area contributed by atoms with Gasteiger partial charge in [0.2, 0.25) is 0 Å². The Kier molecular flexibility index (Phi) is 7.81. The van der Waals surface area contributed by atoms with E-state index in [0.717, 1.165) is 25.2 Å². The van der Waals surface area contributed by atoms with Crippen LogP contribution in [0.4, 0.5) is 0 Å². The second kappa shape index (κ2) is 9.62. The van der Waals surface area contributed by atoms with Crippen LogP contribution in [0.25, 0.3) is 0 Å². The molecule has 0 spiro atoms. The number of nitrogens with two attached hydrogens (primary N) is 1. The molecule has 0 bridgehead atoms. The molecule has 1 atom stereocenters. The van der Waals surface area contributed by atoms with Crippen LogP contribution in [0, 0.1) is 0 Å². The molecule has 0 radical (unpaired) electrons. The van der Waals surface area contributed by atoms with Gasteiger partial charge in [0.05, 0.1) is 12.6 Å². The van der Waals surface area contributed by atoms with Gasteiger partial charge in [-0.2, -0.15) is 0 Å². The highest BCUT2D eigenvalue weighted by atomic mass is 35.5. The van der Waals surface area contributed by atoms with Crippen LogP contribution in [0.2, 0.25) is 10.0 Å². The fourth-order valence-corrected chi connectivity index (χ4v) is 3.74. The number of piperidine rings is 1. The molecule has 1 aromatic carbocycles. The van der Waals surface area contributed by atoms with Gasteiger partial charge >= 0.3 is 0 Å². The first-order chi connectivity index (χ1) is 11.9. The monoisotopic (exact) mass is 385 g/mol. The molecule has 1 aromatic rings. The normalized spacial score (nSPS) is 18.6. The minimum Gasteiger partial charge on any atom is -0.370 e. The molecule has 1 fully saturated rings. The van der Waals surface area contributed by atoms with Gasteiger partial charge in [0.1, 0.15) is 0 Å². The molecule has 140 valence electrons. The summed E-state index contributed by atoms with van der Waals surface area (Å²) in [6, 6.07) is 6.15. The Hall–Kier alpha value is -1.01. The fourth-order valence-electron chi connectivity index (χ4n) is 3.17. The van der Waals surface area contributed by atoms with Crippen LogP contribution < -0.4 is 11.1 Å². The Morgan fingerprint density at radius 1 is 1.36 bits per heavy atom. The fraction of sp³-hybridized carbons (Fsp3) is 0.611. The lowest BCUT2D eigenvalue weighted by molar-refractivity contribution is 0.148. The Balaban J connectivity index is 1.76. The van der Waals surface area contributed by atoms with E-state index in [1.54, 1.807) is 6.07 Å². The second-order valence-corrected chi connectivity index (χ2v) is 7.68. The Morgan fingerprint density at radius 3 is 2.64 bits per heavy atom. The van der Waals surface area contributed by atoms with Gasteiger partial charge in [0.25, 0.3) is 0 Å². The van der Waals surface area contributed by atoms with Crippen molar-refractivity contribution in [2.45, 2.75) is 31.8 Å². The van der Waals surface area contributed by atoms with Crippen molar-refractivity contribution in [3.63, 3.8) is 0 Å². The summed E-state index contributed by atoms with van der Waals surface area (Å²) >= 11 is 12.2. The average molecular weight is 386 g/mol. The zero-order chi connectivity index (χ0) is 18.4. The number of benzene rings is 1. The minimum absolute atomic E-state index is 0.0237. The lowest BCUT2D eigenvalue weighted by Gasteiger charge is -2.34. The maximum atomic E-state index is 6.23.